The van der Waals surface area contributed by atoms with E-state index in [2.05, 4.69) is 22.4 Å². The zero-order chi connectivity index (χ0) is 18.1. The molecule has 134 valence electrons. The third kappa shape index (κ3) is 6.19. The number of hydrogen-bond donors (Lipinski definition) is 1. The molecule has 0 aliphatic rings. The van der Waals surface area contributed by atoms with Crippen molar-refractivity contribution in [1.29, 1.82) is 0 Å². The molecule has 2 aromatic rings. The number of carbonyl (C=O) groups is 1. The van der Waals surface area contributed by atoms with Crippen LogP contribution in [0.25, 0.3) is 0 Å². The number of unbranched alkanes of at least 4 members (excludes halogenated alkanes) is 1. The van der Waals surface area contributed by atoms with Crippen molar-refractivity contribution in [2.45, 2.75) is 33.1 Å². The molecule has 1 heterocycles. The molecule has 1 N–H and O–H groups in total. The fourth-order valence-corrected chi connectivity index (χ4v) is 2.82. The number of aromatic nitrogens is 1. The second kappa shape index (κ2) is 9.78. The number of hydrazone groups is 1. The van der Waals surface area contributed by atoms with Crippen LogP contribution in [0.1, 0.15) is 36.0 Å². The zero-order valence-electron chi connectivity index (χ0n) is 14.7. The predicted molar refractivity (Wildman–Crippen MR) is 99.7 cm³/mol. The Kier molecular flexibility index (Phi) is 7.40. The van der Waals surface area contributed by atoms with Crippen molar-refractivity contribution in [3.63, 3.8) is 0 Å². The molecule has 0 saturated carbocycles. The molecule has 0 unspecified atom stereocenters. The number of ether oxygens (including phenoxy) is 2. The summed E-state index contributed by atoms with van der Waals surface area (Å²) in [5, 5.41) is 6.68. The number of benzene rings is 1. The van der Waals surface area contributed by atoms with Crippen molar-refractivity contribution in [2.75, 3.05) is 13.7 Å². The van der Waals surface area contributed by atoms with Gasteiger partial charge in [0.05, 0.1) is 26.4 Å². The SMILES string of the molecule is CCCCOc1ccc(/C=N\NC(=O)Cc2nc(C)cs2)cc1OC. The number of methoxy groups -OCH3 is 1. The Morgan fingerprint density at radius 3 is 2.92 bits per heavy atom. The quantitative estimate of drug-likeness (QED) is 0.422. The third-order valence-corrected chi connectivity index (χ3v) is 4.29. The van der Waals surface area contributed by atoms with Gasteiger partial charge in [0, 0.05) is 11.1 Å². The Bertz CT molecular complexity index is 728. The van der Waals surface area contributed by atoms with Crippen LogP contribution in [0.4, 0.5) is 0 Å². The molecule has 0 atom stereocenters. The normalized spacial score (nSPS) is 10.8. The van der Waals surface area contributed by atoms with Crippen LogP contribution in [-0.2, 0) is 11.2 Å². The molecule has 2 rings (SSSR count). The lowest BCUT2D eigenvalue weighted by Crippen LogP contribution is -2.19. The van der Waals surface area contributed by atoms with Crippen LogP contribution in [-0.4, -0.2) is 30.8 Å². The lowest BCUT2D eigenvalue weighted by molar-refractivity contribution is -0.120. The summed E-state index contributed by atoms with van der Waals surface area (Å²) in [6.45, 7) is 4.68. The summed E-state index contributed by atoms with van der Waals surface area (Å²) in [5.74, 6) is 1.15. The van der Waals surface area contributed by atoms with E-state index in [1.165, 1.54) is 11.3 Å². The molecule has 1 amide bonds. The van der Waals surface area contributed by atoms with Gasteiger partial charge in [-0.1, -0.05) is 13.3 Å². The molecule has 0 aliphatic heterocycles. The standard InChI is InChI=1S/C18H23N3O3S/c1-4-5-8-24-15-7-6-14(9-16(15)23-3)11-19-21-17(22)10-18-20-13(2)12-25-18/h6-7,9,11-12H,4-5,8,10H2,1-3H3,(H,21,22)/b19-11-. The highest BCUT2D eigenvalue weighted by molar-refractivity contribution is 7.09. The van der Waals surface area contributed by atoms with Gasteiger partial charge in [0.25, 0.3) is 0 Å². The van der Waals surface area contributed by atoms with Crippen molar-refractivity contribution in [3.05, 3.63) is 39.8 Å². The van der Waals surface area contributed by atoms with Gasteiger partial charge in [-0.15, -0.1) is 11.3 Å². The smallest absolute Gasteiger partial charge is 0.246 e. The number of hydrogen-bond acceptors (Lipinski definition) is 6. The fourth-order valence-electron chi connectivity index (χ4n) is 2.05. The first kappa shape index (κ1) is 18.9. The van der Waals surface area contributed by atoms with E-state index in [1.807, 2.05) is 30.5 Å². The van der Waals surface area contributed by atoms with E-state index in [0.717, 1.165) is 29.1 Å². The zero-order valence-corrected chi connectivity index (χ0v) is 15.6. The van der Waals surface area contributed by atoms with Crippen molar-refractivity contribution in [2.24, 2.45) is 5.10 Å². The van der Waals surface area contributed by atoms with Crippen molar-refractivity contribution in [3.8, 4) is 11.5 Å². The first-order chi connectivity index (χ1) is 12.1. The van der Waals surface area contributed by atoms with Gasteiger partial charge in [0.1, 0.15) is 5.01 Å². The van der Waals surface area contributed by atoms with E-state index in [9.17, 15) is 4.79 Å². The van der Waals surface area contributed by atoms with E-state index >= 15 is 0 Å². The molecule has 0 spiro atoms. The minimum absolute atomic E-state index is 0.197. The topological polar surface area (TPSA) is 72.8 Å². The van der Waals surface area contributed by atoms with E-state index in [1.54, 1.807) is 13.3 Å². The van der Waals surface area contributed by atoms with E-state index in [-0.39, 0.29) is 12.3 Å². The lowest BCUT2D eigenvalue weighted by atomic mass is 10.2. The van der Waals surface area contributed by atoms with Crippen LogP contribution in [0.3, 0.4) is 0 Å². The highest BCUT2D eigenvalue weighted by Crippen LogP contribution is 2.27. The summed E-state index contributed by atoms with van der Waals surface area (Å²) < 4.78 is 11.0. The summed E-state index contributed by atoms with van der Waals surface area (Å²) in [4.78, 5) is 16.1. The number of nitrogens with zero attached hydrogens (tertiary/aromatic N) is 2. The minimum Gasteiger partial charge on any atom is -0.493 e. The molecule has 0 saturated heterocycles. The molecule has 0 bridgehead atoms. The number of nitrogens with one attached hydrogen (secondary N) is 1. The molecular formula is C18H23N3O3S. The van der Waals surface area contributed by atoms with Crippen LogP contribution < -0.4 is 14.9 Å². The molecule has 0 fully saturated rings. The number of amides is 1. The first-order valence-corrected chi connectivity index (χ1v) is 9.04. The summed E-state index contributed by atoms with van der Waals surface area (Å²) in [6.07, 6.45) is 3.87. The monoisotopic (exact) mass is 361 g/mol. The Labute approximate surface area is 151 Å². The maximum absolute atomic E-state index is 11.8. The van der Waals surface area contributed by atoms with Gasteiger partial charge >= 0.3 is 0 Å². The van der Waals surface area contributed by atoms with Gasteiger partial charge < -0.3 is 9.47 Å². The summed E-state index contributed by atoms with van der Waals surface area (Å²) in [5.41, 5.74) is 4.24. The van der Waals surface area contributed by atoms with Gasteiger partial charge in [-0.25, -0.2) is 10.4 Å². The number of rotatable bonds is 9. The molecular weight excluding hydrogens is 338 g/mol. The van der Waals surface area contributed by atoms with Crippen molar-refractivity contribution >= 4 is 23.5 Å². The number of aryl methyl sites for hydroxylation is 1. The summed E-state index contributed by atoms with van der Waals surface area (Å²) in [7, 11) is 1.60. The second-order valence-corrected chi connectivity index (χ2v) is 6.41. The van der Waals surface area contributed by atoms with Crippen LogP contribution in [0.5, 0.6) is 11.5 Å². The third-order valence-electron chi connectivity index (χ3n) is 3.32. The predicted octanol–water partition coefficient (Wildman–Crippen LogP) is 3.33. The van der Waals surface area contributed by atoms with Crippen LogP contribution >= 0.6 is 11.3 Å². The Balaban J connectivity index is 1.90. The fraction of sp³-hybridized carbons (Fsp3) is 0.389. The highest BCUT2D eigenvalue weighted by atomic mass is 32.1. The van der Waals surface area contributed by atoms with Crippen LogP contribution in [0, 0.1) is 6.92 Å². The van der Waals surface area contributed by atoms with Crippen molar-refractivity contribution < 1.29 is 14.3 Å². The van der Waals surface area contributed by atoms with Crippen LogP contribution in [0.2, 0.25) is 0 Å². The van der Waals surface area contributed by atoms with Gasteiger partial charge in [-0.3, -0.25) is 4.79 Å². The molecule has 0 aliphatic carbocycles. The van der Waals surface area contributed by atoms with Crippen molar-refractivity contribution in [1.82, 2.24) is 10.4 Å². The molecule has 1 aromatic heterocycles. The van der Waals surface area contributed by atoms with Gasteiger partial charge in [0.2, 0.25) is 5.91 Å². The van der Waals surface area contributed by atoms with E-state index in [4.69, 9.17) is 9.47 Å². The van der Waals surface area contributed by atoms with Gasteiger partial charge in [-0.05, 0) is 37.1 Å². The second-order valence-electron chi connectivity index (χ2n) is 5.46. The molecule has 0 radical (unpaired) electrons. The highest BCUT2D eigenvalue weighted by Gasteiger charge is 2.07. The lowest BCUT2D eigenvalue weighted by Gasteiger charge is -2.10. The summed E-state index contributed by atoms with van der Waals surface area (Å²) in [6, 6.07) is 5.53. The average Bonchev–Trinajstić information content (AvgIpc) is 3.00. The molecule has 25 heavy (non-hydrogen) atoms. The average molecular weight is 361 g/mol. The first-order valence-electron chi connectivity index (χ1n) is 8.16. The Morgan fingerprint density at radius 2 is 2.24 bits per heavy atom. The maximum Gasteiger partial charge on any atom is 0.246 e. The van der Waals surface area contributed by atoms with Gasteiger partial charge in [0.15, 0.2) is 11.5 Å². The number of thiazole rings is 1. The molecule has 6 nitrogen and oxygen atoms in total. The minimum atomic E-state index is -0.197. The summed E-state index contributed by atoms with van der Waals surface area (Å²) >= 11 is 1.47. The van der Waals surface area contributed by atoms with E-state index < -0.39 is 0 Å². The largest absolute Gasteiger partial charge is 0.493 e. The number of carbonyl (C=O) groups excluding carboxylic acids is 1. The van der Waals surface area contributed by atoms with E-state index in [0.29, 0.717) is 18.1 Å². The molecule has 1 aromatic carbocycles. The Morgan fingerprint density at radius 1 is 1.40 bits per heavy atom. The van der Waals surface area contributed by atoms with Gasteiger partial charge in [-0.2, -0.15) is 5.10 Å². The van der Waals surface area contributed by atoms with Crippen LogP contribution in [0.15, 0.2) is 28.7 Å². The Hall–Kier alpha value is -2.41. The molecule has 7 heteroatoms. The maximum atomic E-state index is 11.8.